The molecule has 1 aliphatic heterocycles. The lowest BCUT2D eigenvalue weighted by Gasteiger charge is -2.28. The van der Waals surface area contributed by atoms with Crippen molar-refractivity contribution in [2.45, 2.75) is 6.54 Å². The van der Waals surface area contributed by atoms with Crippen LogP contribution >= 0.6 is 0 Å². The van der Waals surface area contributed by atoms with Crippen LogP contribution in [0.4, 0.5) is 5.82 Å². The van der Waals surface area contributed by atoms with Gasteiger partial charge in [0.1, 0.15) is 0 Å². The molecule has 0 saturated carbocycles. The van der Waals surface area contributed by atoms with E-state index in [4.69, 9.17) is 14.2 Å². The van der Waals surface area contributed by atoms with Gasteiger partial charge in [0.15, 0.2) is 17.3 Å². The molecule has 1 fully saturated rings. The normalized spacial score (nSPS) is 14.0. The summed E-state index contributed by atoms with van der Waals surface area (Å²) in [5.41, 5.74) is 1.41. The van der Waals surface area contributed by atoms with Crippen LogP contribution in [-0.4, -0.2) is 56.6 Å². The highest BCUT2D eigenvalue weighted by Gasteiger charge is 2.20. The van der Waals surface area contributed by atoms with Gasteiger partial charge < -0.3 is 24.4 Å². The molecule has 1 aromatic heterocycles. The highest BCUT2D eigenvalue weighted by molar-refractivity contribution is 5.98. The first-order chi connectivity index (χ1) is 12.7. The van der Waals surface area contributed by atoms with Gasteiger partial charge >= 0.3 is 0 Å². The van der Waals surface area contributed by atoms with Gasteiger partial charge in [-0.1, -0.05) is 6.07 Å². The second-order valence-electron chi connectivity index (χ2n) is 5.74. The van der Waals surface area contributed by atoms with Gasteiger partial charge in [-0.2, -0.15) is 5.10 Å². The van der Waals surface area contributed by atoms with Gasteiger partial charge in [0, 0.05) is 19.6 Å². The van der Waals surface area contributed by atoms with Crippen LogP contribution in [0.25, 0.3) is 0 Å². The van der Waals surface area contributed by atoms with Crippen molar-refractivity contribution >= 4 is 11.7 Å². The summed E-state index contributed by atoms with van der Waals surface area (Å²) in [5.74, 6) is 1.66. The second-order valence-corrected chi connectivity index (χ2v) is 5.74. The van der Waals surface area contributed by atoms with Crippen LogP contribution in [-0.2, 0) is 11.3 Å². The standard InChI is InChI=1S/C18H22N4O4/c1-24-15-4-3-13(11-16(15)25-2)12-19-18(23)14-5-6-20-21-17(14)22-7-9-26-10-8-22/h3-6,11H,7-10,12H2,1-2H3,(H,19,23). The highest BCUT2D eigenvalue weighted by atomic mass is 16.5. The minimum Gasteiger partial charge on any atom is -0.493 e. The third-order valence-corrected chi connectivity index (χ3v) is 4.16. The molecule has 1 amide bonds. The molecule has 1 N–H and O–H groups in total. The van der Waals surface area contributed by atoms with Crippen LogP contribution < -0.4 is 19.7 Å². The quantitative estimate of drug-likeness (QED) is 0.832. The van der Waals surface area contributed by atoms with Crippen molar-refractivity contribution in [3.63, 3.8) is 0 Å². The number of ether oxygens (including phenoxy) is 3. The SMILES string of the molecule is COc1ccc(CNC(=O)c2ccnnc2N2CCOCC2)cc1OC. The Kier molecular flexibility index (Phi) is 5.85. The maximum absolute atomic E-state index is 12.7. The van der Waals surface area contributed by atoms with Gasteiger partial charge in [-0.05, 0) is 23.8 Å². The van der Waals surface area contributed by atoms with Crippen molar-refractivity contribution in [3.8, 4) is 11.5 Å². The summed E-state index contributed by atoms with van der Waals surface area (Å²) < 4.78 is 15.9. The number of nitrogens with one attached hydrogen (secondary N) is 1. The molecule has 1 aliphatic rings. The van der Waals surface area contributed by atoms with Gasteiger partial charge in [0.05, 0.1) is 39.2 Å². The Labute approximate surface area is 152 Å². The Balaban J connectivity index is 1.71. The number of hydrogen-bond acceptors (Lipinski definition) is 7. The zero-order valence-electron chi connectivity index (χ0n) is 14.9. The molecular formula is C18H22N4O4. The van der Waals surface area contributed by atoms with E-state index in [1.807, 2.05) is 23.1 Å². The summed E-state index contributed by atoms with van der Waals surface area (Å²) >= 11 is 0. The Hall–Kier alpha value is -2.87. The van der Waals surface area contributed by atoms with Gasteiger partial charge in [-0.15, -0.1) is 5.10 Å². The first kappa shape index (κ1) is 17.9. The number of hydrogen-bond donors (Lipinski definition) is 1. The molecule has 2 heterocycles. The number of methoxy groups -OCH3 is 2. The molecule has 138 valence electrons. The third-order valence-electron chi connectivity index (χ3n) is 4.16. The van der Waals surface area contributed by atoms with E-state index < -0.39 is 0 Å². The second kappa shape index (κ2) is 8.48. The van der Waals surface area contributed by atoms with Crippen LogP contribution in [0.1, 0.15) is 15.9 Å². The van der Waals surface area contributed by atoms with Crippen LogP contribution in [0.5, 0.6) is 11.5 Å². The van der Waals surface area contributed by atoms with E-state index in [1.54, 1.807) is 20.3 Å². The summed E-state index contributed by atoms with van der Waals surface area (Å²) in [6.07, 6.45) is 1.52. The molecule has 0 bridgehead atoms. The molecule has 1 aromatic carbocycles. The van der Waals surface area contributed by atoms with Crippen molar-refractivity contribution in [2.24, 2.45) is 0 Å². The summed E-state index contributed by atoms with van der Waals surface area (Å²) in [5, 5.41) is 11.0. The maximum atomic E-state index is 12.7. The van der Waals surface area contributed by atoms with E-state index in [2.05, 4.69) is 15.5 Å². The molecule has 0 atom stereocenters. The van der Waals surface area contributed by atoms with E-state index in [1.165, 1.54) is 6.20 Å². The number of benzene rings is 1. The Morgan fingerprint density at radius 1 is 1.19 bits per heavy atom. The summed E-state index contributed by atoms with van der Waals surface area (Å²) in [7, 11) is 3.17. The Bertz CT molecular complexity index is 763. The predicted octanol–water partition coefficient (Wildman–Crippen LogP) is 1.26. The van der Waals surface area contributed by atoms with Crippen molar-refractivity contribution in [3.05, 3.63) is 41.6 Å². The first-order valence-electron chi connectivity index (χ1n) is 8.36. The largest absolute Gasteiger partial charge is 0.493 e. The molecule has 1 saturated heterocycles. The van der Waals surface area contributed by atoms with Crippen LogP contribution in [0, 0.1) is 0 Å². The van der Waals surface area contributed by atoms with Crippen LogP contribution in [0.15, 0.2) is 30.5 Å². The van der Waals surface area contributed by atoms with Crippen molar-refractivity contribution in [1.82, 2.24) is 15.5 Å². The number of morpholine rings is 1. The number of carbonyl (C=O) groups excluding carboxylic acids is 1. The van der Waals surface area contributed by atoms with Crippen molar-refractivity contribution < 1.29 is 19.0 Å². The smallest absolute Gasteiger partial charge is 0.255 e. The molecule has 26 heavy (non-hydrogen) atoms. The summed E-state index contributed by atoms with van der Waals surface area (Å²) in [6.45, 7) is 2.97. The summed E-state index contributed by atoms with van der Waals surface area (Å²) in [4.78, 5) is 14.7. The molecule has 0 spiro atoms. The van der Waals surface area contributed by atoms with Gasteiger partial charge in [-0.25, -0.2) is 0 Å². The molecule has 3 rings (SSSR count). The van der Waals surface area contributed by atoms with Crippen LogP contribution in [0.3, 0.4) is 0 Å². The third kappa shape index (κ3) is 4.02. The van der Waals surface area contributed by atoms with Crippen molar-refractivity contribution in [1.29, 1.82) is 0 Å². The molecule has 2 aromatic rings. The van der Waals surface area contributed by atoms with E-state index in [9.17, 15) is 4.79 Å². The first-order valence-corrected chi connectivity index (χ1v) is 8.36. The fourth-order valence-electron chi connectivity index (χ4n) is 2.78. The zero-order chi connectivity index (χ0) is 18.4. The lowest BCUT2D eigenvalue weighted by Crippen LogP contribution is -2.38. The zero-order valence-corrected chi connectivity index (χ0v) is 14.9. The van der Waals surface area contributed by atoms with E-state index in [-0.39, 0.29) is 5.91 Å². The predicted molar refractivity (Wildman–Crippen MR) is 95.8 cm³/mol. The molecule has 8 heteroatoms. The lowest BCUT2D eigenvalue weighted by molar-refractivity contribution is 0.0948. The van der Waals surface area contributed by atoms with Crippen LogP contribution in [0.2, 0.25) is 0 Å². The minimum absolute atomic E-state index is 0.198. The fourth-order valence-corrected chi connectivity index (χ4v) is 2.78. The van der Waals surface area contributed by atoms with E-state index >= 15 is 0 Å². The number of aromatic nitrogens is 2. The average Bonchev–Trinajstić information content (AvgIpc) is 2.72. The Morgan fingerprint density at radius 2 is 1.96 bits per heavy atom. The highest BCUT2D eigenvalue weighted by Crippen LogP contribution is 2.27. The summed E-state index contributed by atoms with van der Waals surface area (Å²) in [6, 6.07) is 7.22. The number of nitrogens with zero attached hydrogens (tertiary/aromatic N) is 3. The maximum Gasteiger partial charge on any atom is 0.255 e. The lowest BCUT2D eigenvalue weighted by atomic mass is 10.2. The fraction of sp³-hybridized carbons (Fsp3) is 0.389. The topological polar surface area (TPSA) is 85.8 Å². The molecule has 0 aliphatic carbocycles. The molecule has 0 unspecified atom stereocenters. The molecular weight excluding hydrogens is 336 g/mol. The Morgan fingerprint density at radius 3 is 2.69 bits per heavy atom. The average molecular weight is 358 g/mol. The van der Waals surface area contributed by atoms with Crippen molar-refractivity contribution in [2.75, 3.05) is 45.4 Å². The van der Waals surface area contributed by atoms with Gasteiger partial charge in [0.25, 0.3) is 5.91 Å². The van der Waals surface area contributed by atoms with E-state index in [0.717, 1.165) is 5.56 Å². The molecule has 0 radical (unpaired) electrons. The van der Waals surface area contributed by atoms with E-state index in [0.29, 0.717) is 55.7 Å². The van der Waals surface area contributed by atoms with Gasteiger partial charge in [0.2, 0.25) is 0 Å². The van der Waals surface area contributed by atoms with Gasteiger partial charge in [-0.3, -0.25) is 4.79 Å². The molecule has 8 nitrogen and oxygen atoms in total. The number of carbonyl (C=O) groups is 1. The monoisotopic (exact) mass is 358 g/mol. The number of amides is 1. The minimum atomic E-state index is -0.198. The number of anilines is 1. The number of rotatable bonds is 6.